The van der Waals surface area contributed by atoms with Crippen LogP contribution in [0, 0.1) is 0 Å². The molecule has 0 aliphatic rings. The number of nitrogens with one attached hydrogen (secondary N) is 1. The number of likely N-dealkylation sites (N-methyl/N-ethyl adjacent to an activating group) is 1. The Morgan fingerprint density at radius 3 is 2.16 bits per heavy atom. The van der Waals surface area contributed by atoms with Crippen molar-refractivity contribution in [2.45, 2.75) is 6.54 Å². The minimum Gasteiger partial charge on any atom is -0.497 e. The number of methoxy groups -OCH3 is 2. The van der Waals surface area contributed by atoms with Crippen molar-refractivity contribution in [1.82, 2.24) is 10.2 Å². The van der Waals surface area contributed by atoms with E-state index in [9.17, 15) is 9.59 Å². The summed E-state index contributed by atoms with van der Waals surface area (Å²) in [7, 11) is 4.82. The Morgan fingerprint density at radius 1 is 0.844 bits per heavy atom. The molecule has 0 saturated carbocycles. The van der Waals surface area contributed by atoms with Crippen molar-refractivity contribution in [2.75, 3.05) is 27.8 Å². The van der Waals surface area contributed by atoms with Crippen molar-refractivity contribution >= 4 is 11.8 Å². The van der Waals surface area contributed by atoms with E-state index in [1.54, 1.807) is 51.6 Å². The van der Waals surface area contributed by atoms with Crippen LogP contribution in [-0.2, 0) is 11.3 Å². The molecule has 0 saturated heterocycles. The standard InChI is InChI=1S/C25H26N2O5/c1-27(17-19-11-14-22(30-2)15-23(19)31-3)24(28)16-26-25(29)18-9-12-21(13-10-18)32-20-7-5-4-6-8-20/h4-15H,16-17H2,1-3H3,(H,26,29). The lowest BCUT2D eigenvalue weighted by Gasteiger charge is -2.19. The zero-order valence-electron chi connectivity index (χ0n) is 18.3. The summed E-state index contributed by atoms with van der Waals surface area (Å²) < 4.78 is 16.3. The molecular formula is C25H26N2O5. The highest BCUT2D eigenvalue weighted by Gasteiger charge is 2.15. The van der Waals surface area contributed by atoms with E-state index >= 15 is 0 Å². The van der Waals surface area contributed by atoms with Crippen molar-refractivity contribution in [3.8, 4) is 23.0 Å². The lowest BCUT2D eigenvalue weighted by molar-refractivity contribution is -0.129. The van der Waals surface area contributed by atoms with Crippen LogP contribution in [-0.4, -0.2) is 44.5 Å². The van der Waals surface area contributed by atoms with Crippen LogP contribution in [0.1, 0.15) is 15.9 Å². The van der Waals surface area contributed by atoms with Gasteiger partial charge in [-0.25, -0.2) is 0 Å². The third-order valence-electron chi connectivity index (χ3n) is 4.82. The van der Waals surface area contributed by atoms with Crippen LogP contribution in [0.5, 0.6) is 23.0 Å². The lowest BCUT2D eigenvalue weighted by atomic mass is 10.1. The summed E-state index contributed by atoms with van der Waals surface area (Å²) in [5.41, 5.74) is 1.28. The number of ether oxygens (including phenoxy) is 3. The highest BCUT2D eigenvalue weighted by atomic mass is 16.5. The topological polar surface area (TPSA) is 77.1 Å². The molecule has 7 heteroatoms. The summed E-state index contributed by atoms with van der Waals surface area (Å²) in [6.45, 7) is 0.226. The Hall–Kier alpha value is -4.00. The normalized spacial score (nSPS) is 10.2. The Bertz CT molecular complexity index is 1050. The van der Waals surface area contributed by atoms with Gasteiger partial charge in [0.2, 0.25) is 5.91 Å². The molecule has 0 heterocycles. The average molecular weight is 434 g/mol. The fourth-order valence-corrected chi connectivity index (χ4v) is 3.02. The van der Waals surface area contributed by atoms with E-state index in [1.165, 1.54) is 4.90 Å². The molecule has 0 aliphatic carbocycles. The number of rotatable bonds is 9. The smallest absolute Gasteiger partial charge is 0.251 e. The number of carbonyl (C=O) groups is 2. The Labute approximate surface area is 187 Å². The number of carbonyl (C=O) groups excluding carboxylic acids is 2. The highest BCUT2D eigenvalue weighted by Crippen LogP contribution is 2.25. The molecule has 0 radical (unpaired) electrons. The molecule has 0 spiro atoms. The van der Waals surface area contributed by atoms with Gasteiger partial charge in [0.15, 0.2) is 0 Å². The summed E-state index contributed by atoms with van der Waals surface area (Å²) in [6, 6.07) is 21.5. The summed E-state index contributed by atoms with van der Waals surface area (Å²) in [5.74, 6) is 2.09. The third-order valence-corrected chi connectivity index (χ3v) is 4.82. The SMILES string of the molecule is COc1ccc(CN(C)C(=O)CNC(=O)c2ccc(Oc3ccccc3)cc2)c(OC)c1. The summed E-state index contributed by atoms with van der Waals surface area (Å²) >= 11 is 0. The van der Waals surface area contributed by atoms with Gasteiger partial charge in [-0.1, -0.05) is 18.2 Å². The minimum absolute atomic E-state index is 0.115. The summed E-state index contributed by atoms with van der Waals surface area (Å²) in [4.78, 5) is 26.4. The second kappa shape index (κ2) is 10.9. The van der Waals surface area contributed by atoms with Crippen molar-refractivity contribution in [3.63, 3.8) is 0 Å². The zero-order valence-corrected chi connectivity index (χ0v) is 18.3. The van der Waals surface area contributed by atoms with E-state index in [-0.39, 0.29) is 18.4 Å². The summed E-state index contributed by atoms with van der Waals surface area (Å²) in [6.07, 6.45) is 0. The highest BCUT2D eigenvalue weighted by molar-refractivity contribution is 5.96. The van der Waals surface area contributed by atoms with Crippen LogP contribution < -0.4 is 19.5 Å². The Balaban J connectivity index is 1.52. The molecule has 0 atom stereocenters. The molecule has 0 aromatic heterocycles. The van der Waals surface area contributed by atoms with Crippen molar-refractivity contribution in [3.05, 3.63) is 83.9 Å². The van der Waals surface area contributed by atoms with Gasteiger partial charge in [0.05, 0.1) is 20.8 Å². The maximum atomic E-state index is 12.5. The molecular weight excluding hydrogens is 408 g/mol. The number of amides is 2. The van der Waals surface area contributed by atoms with E-state index in [0.717, 1.165) is 5.56 Å². The third kappa shape index (κ3) is 6.01. The molecule has 3 rings (SSSR count). The number of para-hydroxylation sites is 1. The van der Waals surface area contributed by atoms with Crippen LogP contribution in [0.4, 0.5) is 0 Å². The monoisotopic (exact) mass is 434 g/mol. The van der Waals surface area contributed by atoms with Gasteiger partial charge in [-0.2, -0.15) is 0 Å². The summed E-state index contributed by atoms with van der Waals surface area (Å²) in [5, 5.41) is 2.66. The van der Waals surface area contributed by atoms with E-state index in [2.05, 4.69) is 5.32 Å². The Kier molecular flexibility index (Phi) is 7.70. The first-order chi connectivity index (χ1) is 15.5. The van der Waals surface area contributed by atoms with E-state index < -0.39 is 0 Å². The fourth-order valence-electron chi connectivity index (χ4n) is 3.02. The van der Waals surface area contributed by atoms with Gasteiger partial charge in [-0.05, 0) is 48.5 Å². The minimum atomic E-state index is -0.333. The number of hydrogen-bond donors (Lipinski definition) is 1. The van der Waals surface area contributed by atoms with Crippen LogP contribution in [0.2, 0.25) is 0 Å². The number of nitrogens with zero attached hydrogens (tertiary/aromatic N) is 1. The maximum absolute atomic E-state index is 12.5. The van der Waals surface area contributed by atoms with E-state index in [0.29, 0.717) is 35.1 Å². The molecule has 0 bridgehead atoms. The molecule has 2 amide bonds. The van der Waals surface area contributed by atoms with Crippen molar-refractivity contribution in [1.29, 1.82) is 0 Å². The van der Waals surface area contributed by atoms with Crippen molar-refractivity contribution in [2.24, 2.45) is 0 Å². The first-order valence-corrected chi connectivity index (χ1v) is 10.1. The quantitative estimate of drug-likeness (QED) is 0.553. The largest absolute Gasteiger partial charge is 0.497 e. The van der Waals surface area contributed by atoms with Gasteiger partial charge in [-0.15, -0.1) is 0 Å². The molecule has 32 heavy (non-hydrogen) atoms. The fraction of sp³-hybridized carbons (Fsp3) is 0.200. The molecule has 7 nitrogen and oxygen atoms in total. The van der Waals surface area contributed by atoms with Crippen molar-refractivity contribution < 1.29 is 23.8 Å². The van der Waals surface area contributed by atoms with Gasteiger partial charge in [0.25, 0.3) is 5.91 Å². The van der Waals surface area contributed by atoms with Gasteiger partial charge in [0.1, 0.15) is 23.0 Å². The molecule has 3 aromatic carbocycles. The number of benzene rings is 3. The lowest BCUT2D eigenvalue weighted by Crippen LogP contribution is -2.37. The Morgan fingerprint density at radius 2 is 1.50 bits per heavy atom. The van der Waals surface area contributed by atoms with Gasteiger partial charge < -0.3 is 24.4 Å². The molecule has 0 aliphatic heterocycles. The van der Waals surface area contributed by atoms with Crippen LogP contribution in [0.15, 0.2) is 72.8 Å². The molecule has 1 N–H and O–H groups in total. The van der Waals surface area contributed by atoms with Gasteiger partial charge in [0, 0.05) is 30.8 Å². The first kappa shape index (κ1) is 22.7. The average Bonchev–Trinajstić information content (AvgIpc) is 2.83. The number of hydrogen-bond acceptors (Lipinski definition) is 5. The van der Waals surface area contributed by atoms with Crippen LogP contribution in [0.3, 0.4) is 0 Å². The van der Waals surface area contributed by atoms with Gasteiger partial charge >= 0.3 is 0 Å². The van der Waals surface area contributed by atoms with Crippen LogP contribution in [0.25, 0.3) is 0 Å². The maximum Gasteiger partial charge on any atom is 0.251 e. The molecule has 166 valence electrons. The van der Waals surface area contributed by atoms with E-state index in [1.807, 2.05) is 42.5 Å². The molecule has 0 unspecified atom stereocenters. The predicted octanol–water partition coefficient (Wildman–Crippen LogP) is 3.88. The molecule has 3 aromatic rings. The predicted molar refractivity (Wildman–Crippen MR) is 121 cm³/mol. The van der Waals surface area contributed by atoms with E-state index in [4.69, 9.17) is 14.2 Å². The first-order valence-electron chi connectivity index (χ1n) is 10.1. The van der Waals surface area contributed by atoms with Crippen LogP contribution >= 0.6 is 0 Å². The van der Waals surface area contributed by atoms with Gasteiger partial charge in [-0.3, -0.25) is 9.59 Å². The second-order valence-corrected chi connectivity index (χ2v) is 7.05. The second-order valence-electron chi connectivity index (χ2n) is 7.05. The molecule has 0 fully saturated rings. The zero-order chi connectivity index (χ0) is 22.9.